The van der Waals surface area contributed by atoms with Crippen molar-refractivity contribution >= 4 is 5.97 Å². The second-order valence-corrected chi connectivity index (χ2v) is 6.04. The smallest absolute Gasteiger partial charge is 0.302 e. The Morgan fingerprint density at radius 3 is 2.43 bits per heavy atom. The summed E-state index contributed by atoms with van der Waals surface area (Å²) < 4.78 is 5.17. The lowest BCUT2D eigenvalue weighted by molar-refractivity contribution is -0.142. The van der Waals surface area contributed by atoms with Crippen molar-refractivity contribution in [2.75, 3.05) is 13.2 Å². The van der Waals surface area contributed by atoms with Crippen LogP contribution in [0.2, 0.25) is 0 Å². The quantitative estimate of drug-likeness (QED) is 0.845. The molecule has 21 heavy (non-hydrogen) atoms. The third-order valence-corrected chi connectivity index (χ3v) is 4.11. The molecule has 0 aromatic heterocycles. The zero-order valence-electron chi connectivity index (χ0n) is 13.1. The molecule has 0 radical (unpaired) electrons. The number of aryl methyl sites for hydroxylation is 2. The summed E-state index contributed by atoms with van der Waals surface area (Å²) in [4.78, 5) is 13.3. The van der Waals surface area contributed by atoms with Gasteiger partial charge >= 0.3 is 5.97 Å². The van der Waals surface area contributed by atoms with Crippen molar-refractivity contribution in [2.24, 2.45) is 0 Å². The van der Waals surface area contributed by atoms with Crippen LogP contribution in [0.3, 0.4) is 0 Å². The fourth-order valence-electron chi connectivity index (χ4n) is 3.23. The maximum absolute atomic E-state index is 11.0. The van der Waals surface area contributed by atoms with E-state index in [2.05, 4.69) is 36.9 Å². The molecule has 0 amide bonds. The highest BCUT2D eigenvalue weighted by molar-refractivity contribution is 5.65. The number of benzene rings is 1. The molecule has 1 aliphatic heterocycles. The summed E-state index contributed by atoms with van der Waals surface area (Å²) >= 11 is 0. The molecule has 2 atom stereocenters. The van der Waals surface area contributed by atoms with Crippen LogP contribution in [0, 0.1) is 13.8 Å². The number of rotatable bonds is 5. The highest BCUT2D eigenvalue weighted by atomic mass is 16.5. The van der Waals surface area contributed by atoms with Crippen LogP contribution in [0.1, 0.15) is 36.5 Å². The molecule has 4 heteroatoms. The highest BCUT2D eigenvalue weighted by Crippen LogP contribution is 2.27. The van der Waals surface area contributed by atoms with E-state index in [9.17, 15) is 9.90 Å². The summed E-state index contributed by atoms with van der Waals surface area (Å²) in [5, 5.41) is 9.57. The van der Waals surface area contributed by atoms with Crippen LogP contribution in [-0.4, -0.2) is 41.3 Å². The van der Waals surface area contributed by atoms with Gasteiger partial charge < -0.3 is 9.84 Å². The van der Waals surface area contributed by atoms with Crippen molar-refractivity contribution in [3.63, 3.8) is 0 Å². The molecule has 4 nitrogen and oxygen atoms in total. The Bertz CT molecular complexity index is 481. The van der Waals surface area contributed by atoms with Gasteiger partial charge in [-0.3, -0.25) is 9.69 Å². The lowest BCUT2D eigenvalue weighted by Gasteiger charge is -2.29. The Hall–Kier alpha value is -1.39. The van der Waals surface area contributed by atoms with E-state index in [0.717, 1.165) is 19.4 Å². The normalized spacial score (nSPS) is 22.5. The van der Waals surface area contributed by atoms with Crippen molar-refractivity contribution in [2.45, 2.75) is 52.2 Å². The summed E-state index contributed by atoms with van der Waals surface area (Å²) in [6.07, 6.45) is 1.91. The van der Waals surface area contributed by atoms with Gasteiger partial charge in [0, 0.05) is 25.6 Å². The van der Waals surface area contributed by atoms with Gasteiger partial charge in [-0.25, -0.2) is 0 Å². The van der Waals surface area contributed by atoms with Gasteiger partial charge in [-0.1, -0.05) is 29.3 Å². The SMILES string of the molecule is CC(=O)OCC1CCC(CO)N1Cc1cc(C)cc(C)c1. The molecule has 1 aromatic rings. The zero-order chi connectivity index (χ0) is 15.4. The Morgan fingerprint density at radius 2 is 1.86 bits per heavy atom. The molecule has 2 rings (SSSR count). The average molecular weight is 291 g/mol. The first kappa shape index (κ1) is 16.0. The lowest BCUT2D eigenvalue weighted by Crippen LogP contribution is -2.40. The van der Waals surface area contributed by atoms with Crippen molar-refractivity contribution < 1.29 is 14.6 Å². The van der Waals surface area contributed by atoms with Gasteiger partial charge in [0.2, 0.25) is 0 Å². The predicted octanol–water partition coefficient (Wildman–Crippen LogP) is 2.19. The second-order valence-electron chi connectivity index (χ2n) is 6.04. The van der Waals surface area contributed by atoms with E-state index in [1.54, 1.807) is 0 Å². The fourth-order valence-corrected chi connectivity index (χ4v) is 3.23. The van der Waals surface area contributed by atoms with Crippen LogP contribution in [0.15, 0.2) is 18.2 Å². The van der Waals surface area contributed by atoms with Gasteiger partial charge in [-0.05, 0) is 32.3 Å². The van der Waals surface area contributed by atoms with Crippen LogP contribution < -0.4 is 0 Å². The molecule has 2 unspecified atom stereocenters. The number of esters is 1. The molecule has 0 bridgehead atoms. The number of aliphatic hydroxyl groups is 1. The van der Waals surface area contributed by atoms with Crippen molar-refractivity contribution in [3.8, 4) is 0 Å². The molecule has 1 heterocycles. The molecule has 1 aromatic carbocycles. The third-order valence-electron chi connectivity index (χ3n) is 4.11. The molecule has 116 valence electrons. The molecule has 1 aliphatic rings. The monoisotopic (exact) mass is 291 g/mol. The number of hydrogen-bond acceptors (Lipinski definition) is 4. The fraction of sp³-hybridized carbons (Fsp3) is 0.588. The van der Waals surface area contributed by atoms with E-state index in [1.807, 2.05) is 0 Å². The van der Waals surface area contributed by atoms with Crippen LogP contribution in [0.5, 0.6) is 0 Å². The lowest BCUT2D eigenvalue weighted by atomic mass is 10.1. The maximum atomic E-state index is 11.0. The Kier molecular flexibility index (Phi) is 5.37. The molecular formula is C17H25NO3. The molecule has 1 N–H and O–H groups in total. The minimum Gasteiger partial charge on any atom is -0.464 e. The first-order valence-corrected chi connectivity index (χ1v) is 7.56. The Labute approximate surface area is 126 Å². The number of likely N-dealkylation sites (tertiary alicyclic amines) is 1. The van der Waals surface area contributed by atoms with Crippen LogP contribution in [-0.2, 0) is 16.1 Å². The van der Waals surface area contributed by atoms with Crippen LogP contribution >= 0.6 is 0 Å². The van der Waals surface area contributed by atoms with E-state index >= 15 is 0 Å². The van der Waals surface area contributed by atoms with E-state index in [-0.39, 0.29) is 24.7 Å². The molecule has 0 saturated carbocycles. The summed E-state index contributed by atoms with van der Waals surface area (Å²) in [6, 6.07) is 6.89. The molecule has 0 aliphatic carbocycles. The van der Waals surface area contributed by atoms with E-state index in [1.165, 1.54) is 23.6 Å². The highest BCUT2D eigenvalue weighted by Gasteiger charge is 2.33. The van der Waals surface area contributed by atoms with Gasteiger partial charge in [0.15, 0.2) is 0 Å². The van der Waals surface area contributed by atoms with E-state index in [4.69, 9.17) is 4.74 Å². The standard InChI is InChI=1S/C17H25NO3/c1-12-6-13(2)8-15(7-12)9-18-16(10-19)4-5-17(18)11-21-14(3)20/h6-8,16-17,19H,4-5,9-11H2,1-3H3. The van der Waals surface area contributed by atoms with Crippen LogP contribution in [0.4, 0.5) is 0 Å². The van der Waals surface area contributed by atoms with Crippen LogP contribution in [0.25, 0.3) is 0 Å². The van der Waals surface area contributed by atoms with Gasteiger partial charge in [-0.2, -0.15) is 0 Å². The Morgan fingerprint density at radius 1 is 1.24 bits per heavy atom. The number of carbonyl (C=O) groups is 1. The second kappa shape index (κ2) is 7.05. The van der Waals surface area contributed by atoms with Gasteiger partial charge in [0.1, 0.15) is 6.61 Å². The minimum atomic E-state index is -0.242. The summed E-state index contributed by atoms with van der Waals surface area (Å²) in [7, 11) is 0. The van der Waals surface area contributed by atoms with Gasteiger partial charge in [0.25, 0.3) is 0 Å². The zero-order valence-corrected chi connectivity index (χ0v) is 13.1. The van der Waals surface area contributed by atoms with E-state index < -0.39 is 0 Å². The first-order valence-electron chi connectivity index (χ1n) is 7.56. The number of ether oxygens (including phenoxy) is 1. The number of aliphatic hydroxyl groups excluding tert-OH is 1. The summed E-state index contributed by atoms with van der Waals surface area (Å²) in [5.41, 5.74) is 3.75. The molecular weight excluding hydrogens is 266 g/mol. The maximum Gasteiger partial charge on any atom is 0.302 e. The predicted molar refractivity (Wildman–Crippen MR) is 82.0 cm³/mol. The minimum absolute atomic E-state index is 0.154. The third kappa shape index (κ3) is 4.29. The topological polar surface area (TPSA) is 49.8 Å². The van der Waals surface area contributed by atoms with E-state index in [0.29, 0.717) is 6.61 Å². The summed E-state index contributed by atoms with van der Waals surface area (Å²) in [5.74, 6) is -0.242. The van der Waals surface area contributed by atoms with Crippen molar-refractivity contribution in [1.82, 2.24) is 4.90 Å². The Balaban J connectivity index is 2.10. The largest absolute Gasteiger partial charge is 0.464 e. The number of carbonyl (C=O) groups excluding carboxylic acids is 1. The summed E-state index contributed by atoms with van der Waals surface area (Å²) in [6.45, 7) is 6.99. The molecule has 0 spiro atoms. The van der Waals surface area contributed by atoms with Crippen molar-refractivity contribution in [3.05, 3.63) is 34.9 Å². The first-order chi connectivity index (χ1) is 9.99. The van der Waals surface area contributed by atoms with Crippen molar-refractivity contribution in [1.29, 1.82) is 0 Å². The average Bonchev–Trinajstić information content (AvgIpc) is 2.77. The number of hydrogen-bond donors (Lipinski definition) is 1. The molecule has 1 fully saturated rings. The molecule has 1 saturated heterocycles. The van der Waals surface area contributed by atoms with Gasteiger partial charge in [0.05, 0.1) is 6.61 Å². The number of nitrogens with zero attached hydrogens (tertiary/aromatic N) is 1. The van der Waals surface area contributed by atoms with Gasteiger partial charge in [-0.15, -0.1) is 0 Å².